The zero-order valence-corrected chi connectivity index (χ0v) is 17.1. The van der Waals surface area contributed by atoms with E-state index in [1.165, 1.54) is 12.1 Å². The number of carbonyl (C=O) groups is 1. The lowest BCUT2D eigenvalue weighted by Gasteiger charge is -2.43. The number of nitrogens with zero attached hydrogens (tertiary/aromatic N) is 1. The minimum atomic E-state index is -3.56. The second-order valence-electron chi connectivity index (χ2n) is 7.21. The van der Waals surface area contributed by atoms with E-state index in [4.69, 9.17) is 4.74 Å². The number of hydrogen-bond donors (Lipinski definition) is 1. The minimum absolute atomic E-state index is 0. The van der Waals surface area contributed by atoms with Crippen molar-refractivity contribution in [1.29, 1.82) is 0 Å². The van der Waals surface area contributed by atoms with Gasteiger partial charge in [0.25, 0.3) is 0 Å². The number of nitrogens with one attached hydrogen (secondary N) is 1. The van der Waals surface area contributed by atoms with Crippen LogP contribution < -0.4 is 5.32 Å². The van der Waals surface area contributed by atoms with Gasteiger partial charge in [-0.15, -0.1) is 12.4 Å². The number of sulfone groups is 1. The summed E-state index contributed by atoms with van der Waals surface area (Å²) < 4.78 is 42.8. The van der Waals surface area contributed by atoms with E-state index in [0.29, 0.717) is 19.6 Å². The molecule has 0 radical (unpaired) electrons. The predicted molar refractivity (Wildman–Crippen MR) is 103 cm³/mol. The molecule has 1 N–H and O–H groups in total. The van der Waals surface area contributed by atoms with Gasteiger partial charge in [-0.05, 0) is 50.6 Å². The van der Waals surface area contributed by atoms with Crippen molar-refractivity contribution in [3.63, 3.8) is 0 Å². The van der Waals surface area contributed by atoms with E-state index in [1.54, 1.807) is 17.0 Å². The molecule has 0 spiro atoms. The summed E-state index contributed by atoms with van der Waals surface area (Å²) in [5.74, 6) is -0.681. The predicted octanol–water partition coefficient (Wildman–Crippen LogP) is 1.70. The Hall–Kier alpha value is -1.22. The highest BCUT2D eigenvalue weighted by Gasteiger charge is 2.51. The van der Waals surface area contributed by atoms with Crippen LogP contribution in [0.15, 0.2) is 24.3 Å². The first-order valence-electron chi connectivity index (χ1n) is 8.83. The van der Waals surface area contributed by atoms with Crippen LogP contribution >= 0.6 is 12.4 Å². The Bertz CT molecular complexity index is 766. The topological polar surface area (TPSA) is 75.7 Å². The molecule has 1 aromatic rings. The molecule has 2 aliphatic rings. The summed E-state index contributed by atoms with van der Waals surface area (Å²) in [6.45, 7) is 3.46. The SMILES string of the molecule is CC1CN(C(=O)C2(S(C)(=O)=O)CCNCC2)CC(c2ccc(F)cc2)O1.Cl. The Morgan fingerprint density at radius 3 is 2.37 bits per heavy atom. The fourth-order valence-corrected chi connectivity index (χ4v) is 5.23. The van der Waals surface area contributed by atoms with Gasteiger partial charge in [0.2, 0.25) is 5.91 Å². The molecule has 0 aliphatic carbocycles. The zero-order chi connectivity index (χ0) is 18.9. The quantitative estimate of drug-likeness (QED) is 0.805. The molecule has 2 atom stereocenters. The van der Waals surface area contributed by atoms with Gasteiger partial charge < -0.3 is 15.0 Å². The molecule has 1 aromatic carbocycles. The van der Waals surface area contributed by atoms with E-state index in [2.05, 4.69) is 5.32 Å². The molecule has 1 amide bonds. The molecule has 3 rings (SSSR count). The number of halogens is 2. The van der Waals surface area contributed by atoms with Crippen molar-refractivity contribution in [2.45, 2.75) is 36.7 Å². The maximum Gasteiger partial charge on any atom is 0.244 e. The summed E-state index contributed by atoms with van der Waals surface area (Å²) in [5.41, 5.74) is 0.773. The van der Waals surface area contributed by atoms with Crippen LogP contribution in [-0.2, 0) is 19.4 Å². The van der Waals surface area contributed by atoms with Crippen molar-refractivity contribution in [2.24, 2.45) is 0 Å². The van der Waals surface area contributed by atoms with E-state index in [1.807, 2.05) is 6.92 Å². The number of benzene rings is 1. The third-order valence-corrected chi connectivity index (χ3v) is 7.30. The van der Waals surface area contributed by atoms with Gasteiger partial charge >= 0.3 is 0 Å². The highest BCUT2D eigenvalue weighted by molar-refractivity contribution is 7.92. The molecule has 152 valence electrons. The molecule has 0 saturated carbocycles. The first kappa shape index (κ1) is 22.1. The Morgan fingerprint density at radius 1 is 1.22 bits per heavy atom. The smallest absolute Gasteiger partial charge is 0.244 e. The largest absolute Gasteiger partial charge is 0.367 e. The van der Waals surface area contributed by atoms with Gasteiger partial charge in [0.1, 0.15) is 11.9 Å². The van der Waals surface area contributed by atoms with Gasteiger partial charge in [-0.25, -0.2) is 12.8 Å². The average Bonchev–Trinajstić information content (AvgIpc) is 2.61. The molecule has 2 unspecified atom stereocenters. The van der Waals surface area contributed by atoms with Gasteiger partial charge in [-0.3, -0.25) is 4.79 Å². The molecule has 2 heterocycles. The Morgan fingerprint density at radius 2 is 1.81 bits per heavy atom. The first-order valence-corrected chi connectivity index (χ1v) is 10.7. The highest BCUT2D eigenvalue weighted by Crippen LogP contribution is 2.33. The van der Waals surface area contributed by atoms with Crippen molar-refractivity contribution in [3.05, 3.63) is 35.6 Å². The van der Waals surface area contributed by atoms with Crippen LogP contribution in [0.3, 0.4) is 0 Å². The van der Waals surface area contributed by atoms with Gasteiger partial charge in [-0.1, -0.05) is 12.1 Å². The second kappa shape index (κ2) is 8.43. The maximum absolute atomic E-state index is 13.3. The Kier molecular flexibility index (Phi) is 6.89. The lowest BCUT2D eigenvalue weighted by molar-refractivity contribution is -0.148. The molecule has 2 aliphatic heterocycles. The van der Waals surface area contributed by atoms with E-state index < -0.39 is 20.7 Å². The van der Waals surface area contributed by atoms with Crippen LogP contribution in [-0.4, -0.2) is 62.5 Å². The normalized spacial score (nSPS) is 25.5. The van der Waals surface area contributed by atoms with Crippen molar-refractivity contribution in [1.82, 2.24) is 10.2 Å². The standard InChI is InChI=1S/C18H25FN2O4S.ClH/c1-13-11-21(12-16(25-13)14-3-5-15(19)6-4-14)17(22)18(26(2,23)24)7-9-20-10-8-18;/h3-6,13,16,20H,7-12H2,1-2H3;1H. The number of amides is 1. The third kappa shape index (κ3) is 4.45. The lowest BCUT2D eigenvalue weighted by Crippen LogP contribution is -2.60. The molecule has 27 heavy (non-hydrogen) atoms. The summed E-state index contributed by atoms with van der Waals surface area (Å²) in [4.78, 5) is 14.9. The van der Waals surface area contributed by atoms with Crippen LogP contribution in [0.1, 0.15) is 31.4 Å². The maximum atomic E-state index is 13.3. The molecule has 0 aromatic heterocycles. The molecule has 6 nitrogen and oxygen atoms in total. The Balaban J connectivity index is 0.00000261. The fraction of sp³-hybridized carbons (Fsp3) is 0.611. The highest BCUT2D eigenvalue weighted by atomic mass is 35.5. The second-order valence-corrected chi connectivity index (χ2v) is 9.54. The fourth-order valence-electron chi connectivity index (χ4n) is 3.84. The number of rotatable bonds is 3. The van der Waals surface area contributed by atoms with E-state index >= 15 is 0 Å². The molecule has 2 saturated heterocycles. The van der Waals surface area contributed by atoms with E-state index in [-0.39, 0.29) is 49.6 Å². The summed E-state index contributed by atoms with van der Waals surface area (Å²) in [5, 5.41) is 3.12. The van der Waals surface area contributed by atoms with E-state index in [9.17, 15) is 17.6 Å². The van der Waals surface area contributed by atoms with Crippen molar-refractivity contribution < 1.29 is 22.3 Å². The number of morpholine rings is 1. The van der Waals surface area contributed by atoms with E-state index in [0.717, 1.165) is 11.8 Å². The van der Waals surface area contributed by atoms with Gasteiger partial charge in [0.05, 0.1) is 12.6 Å². The number of carbonyl (C=O) groups excluding carboxylic acids is 1. The number of ether oxygens (including phenoxy) is 1. The Labute approximate surface area is 165 Å². The monoisotopic (exact) mass is 420 g/mol. The summed E-state index contributed by atoms with van der Waals surface area (Å²) in [6.07, 6.45) is 1.06. The van der Waals surface area contributed by atoms with Crippen LogP contribution in [0.25, 0.3) is 0 Å². The van der Waals surface area contributed by atoms with Gasteiger partial charge in [0, 0.05) is 12.8 Å². The van der Waals surface area contributed by atoms with Crippen LogP contribution in [0, 0.1) is 5.82 Å². The van der Waals surface area contributed by atoms with Gasteiger partial charge in [-0.2, -0.15) is 0 Å². The number of piperidine rings is 1. The zero-order valence-electron chi connectivity index (χ0n) is 15.5. The van der Waals surface area contributed by atoms with Crippen molar-refractivity contribution >= 4 is 28.2 Å². The summed E-state index contributed by atoms with van der Waals surface area (Å²) >= 11 is 0. The van der Waals surface area contributed by atoms with Crippen LogP contribution in [0.4, 0.5) is 4.39 Å². The number of hydrogen-bond acceptors (Lipinski definition) is 5. The summed E-state index contributed by atoms with van der Waals surface area (Å²) in [6, 6.07) is 5.99. The van der Waals surface area contributed by atoms with Gasteiger partial charge in [0.15, 0.2) is 14.6 Å². The summed E-state index contributed by atoms with van der Waals surface area (Å²) in [7, 11) is -3.56. The van der Waals surface area contributed by atoms with Crippen LogP contribution in [0.5, 0.6) is 0 Å². The minimum Gasteiger partial charge on any atom is -0.367 e. The molecular formula is C18H26ClFN2O4S. The lowest BCUT2D eigenvalue weighted by atomic mass is 9.94. The van der Waals surface area contributed by atoms with Crippen molar-refractivity contribution in [3.8, 4) is 0 Å². The molecule has 2 fully saturated rings. The molecule has 0 bridgehead atoms. The third-order valence-electron chi connectivity index (χ3n) is 5.30. The van der Waals surface area contributed by atoms with Crippen LogP contribution in [0.2, 0.25) is 0 Å². The van der Waals surface area contributed by atoms with Crippen molar-refractivity contribution in [2.75, 3.05) is 32.4 Å². The molecule has 9 heteroatoms. The first-order chi connectivity index (χ1) is 12.2. The molecular weight excluding hydrogens is 395 g/mol. The average molecular weight is 421 g/mol.